The van der Waals surface area contributed by atoms with Crippen molar-refractivity contribution in [2.24, 2.45) is 5.73 Å². The normalized spacial score (nSPS) is 15.0. The summed E-state index contributed by atoms with van der Waals surface area (Å²) < 4.78 is 0. The van der Waals surface area contributed by atoms with E-state index in [2.05, 4.69) is 36.6 Å². The van der Waals surface area contributed by atoms with Crippen LogP contribution in [0.3, 0.4) is 0 Å². The topological polar surface area (TPSA) is 92.0 Å². The van der Waals surface area contributed by atoms with Crippen LogP contribution in [-0.2, 0) is 6.42 Å². The zero-order chi connectivity index (χ0) is 17.8. The predicted octanol–water partition coefficient (Wildman–Crippen LogP) is 2.25. The molecule has 0 spiro atoms. The van der Waals surface area contributed by atoms with Gasteiger partial charge in [0.1, 0.15) is 16.2 Å². The van der Waals surface area contributed by atoms with Gasteiger partial charge in [0.25, 0.3) is 0 Å². The maximum Gasteiger partial charge on any atom is 0.190 e. The molecule has 0 saturated carbocycles. The number of hydrogen-bond acceptors (Lipinski definition) is 8. The molecule has 0 amide bonds. The van der Waals surface area contributed by atoms with E-state index in [1.165, 1.54) is 17.0 Å². The van der Waals surface area contributed by atoms with Crippen LogP contribution in [0.5, 0.6) is 0 Å². The molecule has 0 bridgehead atoms. The lowest BCUT2D eigenvalue weighted by Gasteiger charge is -2.29. The summed E-state index contributed by atoms with van der Waals surface area (Å²) in [6.07, 6.45) is 5.99. The van der Waals surface area contributed by atoms with E-state index in [0.717, 1.165) is 59.6 Å². The minimum Gasteiger partial charge on any atom is -0.405 e. The Labute approximate surface area is 156 Å². The lowest BCUT2D eigenvalue weighted by atomic mass is 10.2. The molecule has 0 radical (unpaired) electrons. The molecule has 1 aliphatic heterocycles. The van der Waals surface area contributed by atoms with E-state index in [1.807, 2.05) is 30.5 Å². The maximum absolute atomic E-state index is 5.40. The first-order valence-corrected chi connectivity index (χ1v) is 9.45. The van der Waals surface area contributed by atoms with Crippen molar-refractivity contribution in [1.82, 2.24) is 20.3 Å². The lowest BCUT2D eigenvalue weighted by Crippen LogP contribution is -2.43. The van der Waals surface area contributed by atoms with E-state index in [9.17, 15) is 0 Å². The molecule has 3 aromatic rings. The van der Waals surface area contributed by atoms with E-state index in [0.29, 0.717) is 0 Å². The van der Waals surface area contributed by atoms with Gasteiger partial charge in [0.15, 0.2) is 5.13 Å². The summed E-state index contributed by atoms with van der Waals surface area (Å²) in [5.74, 6) is 0.798. The first kappa shape index (κ1) is 16.7. The number of thiazole rings is 1. The average molecular weight is 367 g/mol. The first-order chi connectivity index (χ1) is 12.8. The molecule has 7 nitrogen and oxygen atoms in total. The molecule has 3 aromatic heterocycles. The van der Waals surface area contributed by atoms with Crippen molar-refractivity contribution in [1.29, 1.82) is 0 Å². The number of pyridine rings is 2. The number of hydrogen-bond donors (Lipinski definition) is 3. The van der Waals surface area contributed by atoms with Crippen molar-refractivity contribution in [3.63, 3.8) is 0 Å². The van der Waals surface area contributed by atoms with E-state index in [1.54, 1.807) is 6.20 Å². The fourth-order valence-corrected chi connectivity index (χ4v) is 3.79. The second-order valence-corrected chi connectivity index (χ2v) is 7.02. The second kappa shape index (κ2) is 7.67. The number of allylic oxidation sites excluding steroid dienone is 1. The molecule has 4 heterocycles. The maximum atomic E-state index is 5.40. The van der Waals surface area contributed by atoms with Gasteiger partial charge in [0.2, 0.25) is 0 Å². The highest BCUT2D eigenvalue weighted by Gasteiger charge is 2.12. The summed E-state index contributed by atoms with van der Waals surface area (Å²) in [5.41, 5.74) is 8.45. The Kier molecular flexibility index (Phi) is 4.94. The minimum absolute atomic E-state index is 0.724. The largest absolute Gasteiger partial charge is 0.405 e. The molecular formula is C18H21N7S. The number of piperazine rings is 1. The summed E-state index contributed by atoms with van der Waals surface area (Å²) >= 11 is 1.53. The van der Waals surface area contributed by atoms with E-state index in [4.69, 9.17) is 5.73 Å². The van der Waals surface area contributed by atoms with Crippen LogP contribution >= 0.6 is 11.3 Å². The fraction of sp³-hybridized carbons (Fsp3) is 0.278. The summed E-state index contributed by atoms with van der Waals surface area (Å²) in [5, 5.41) is 7.48. The fourth-order valence-electron chi connectivity index (χ4n) is 2.93. The van der Waals surface area contributed by atoms with Gasteiger partial charge in [-0.1, -0.05) is 17.4 Å². The number of rotatable bonds is 5. The third-order valence-electron chi connectivity index (χ3n) is 4.24. The van der Waals surface area contributed by atoms with Gasteiger partial charge in [0, 0.05) is 56.2 Å². The second-order valence-electron chi connectivity index (χ2n) is 6.04. The average Bonchev–Trinajstić information content (AvgIpc) is 3.08. The van der Waals surface area contributed by atoms with E-state index in [-0.39, 0.29) is 0 Å². The molecule has 26 heavy (non-hydrogen) atoms. The molecule has 0 atom stereocenters. The van der Waals surface area contributed by atoms with Gasteiger partial charge < -0.3 is 21.3 Å². The highest BCUT2D eigenvalue weighted by Crippen LogP contribution is 2.28. The number of fused-ring (bicyclic) bond motifs is 1. The van der Waals surface area contributed by atoms with Gasteiger partial charge in [-0.25, -0.2) is 15.0 Å². The molecule has 4 N–H and O–H groups in total. The Morgan fingerprint density at radius 2 is 2.12 bits per heavy atom. The Hall–Kier alpha value is -2.71. The number of nitrogens with one attached hydrogen (secondary N) is 2. The van der Waals surface area contributed by atoms with Crippen LogP contribution < -0.4 is 21.3 Å². The number of aromatic nitrogens is 3. The summed E-state index contributed by atoms with van der Waals surface area (Å²) in [6.45, 7) is 4.04. The van der Waals surface area contributed by atoms with Crippen LogP contribution in [0.25, 0.3) is 10.3 Å². The molecule has 1 saturated heterocycles. The van der Waals surface area contributed by atoms with Crippen LogP contribution in [0.4, 0.5) is 16.6 Å². The highest BCUT2D eigenvalue weighted by atomic mass is 32.1. The van der Waals surface area contributed by atoms with Crippen LogP contribution in [0.2, 0.25) is 0 Å². The van der Waals surface area contributed by atoms with Crippen LogP contribution in [0.1, 0.15) is 5.69 Å². The van der Waals surface area contributed by atoms with Gasteiger partial charge in [-0.15, -0.1) is 0 Å². The SMILES string of the molecule is N/C=C\Cc1ccc2nc(Nc3cc(N4CCNCC4)ccn3)sc2n1. The quantitative estimate of drug-likeness (QED) is 0.637. The monoisotopic (exact) mass is 367 g/mol. The molecule has 4 rings (SSSR count). The van der Waals surface area contributed by atoms with Crippen LogP contribution in [0, 0.1) is 0 Å². The lowest BCUT2D eigenvalue weighted by molar-refractivity contribution is 0.589. The number of nitrogens with zero attached hydrogens (tertiary/aromatic N) is 4. The molecule has 0 unspecified atom stereocenters. The zero-order valence-corrected chi connectivity index (χ0v) is 15.2. The Balaban J connectivity index is 1.53. The zero-order valence-electron chi connectivity index (χ0n) is 14.4. The smallest absolute Gasteiger partial charge is 0.190 e. The van der Waals surface area contributed by atoms with Crippen molar-refractivity contribution >= 4 is 38.3 Å². The van der Waals surface area contributed by atoms with Gasteiger partial charge in [0.05, 0.1) is 0 Å². The third-order valence-corrected chi connectivity index (χ3v) is 5.12. The van der Waals surface area contributed by atoms with Crippen molar-refractivity contribution < 1.29 is 0 Å². The number of anilines is 3. The van der Waals surface area contributed by atoms with Crippen LogP contribution in [0.15, 0.2) is 42.7 Å². The Morgan fingerprint density at radius 1 is 1.23 bits per heavy atom. The third kappa shape index (κ3) is 3.76. The van der Waals surface area contributed by atoms with Crippen LogP contribution in [-0.4, -0.2) is 41.1 Å². The molecule has 1 aliphatic rings. The number of nitrogens with two attached hydrogens (primary N) is 1. The van der Waals surface area contributed by atoms with Crippen molar-refractivity contribution in [3.8, 4) is 0 Å². The van der Waals surface area contributed by atoms with E-state index >= 15 is 0 Å². The van der Waals surface area contributed by atoms with Gasteiger partial charge >= 0.3 is 0 Å². The van der Waals surface area contributed by atoms with Crippen molar-refractivity contribution in [2.75, 3.05) is 36.4 Å². The van der Waals surface area contributed by atoms with Gasteiger partial charge in [-0.3, -0.25) is 0 Å². The van der Waals surface area contributed by atoms with Crippen molar-refractivity contribution in [2.45, 2.75) is 6.42 Å². The Bertz CT molecular complexity index is 915. The molecular weight excluding hydrogens is 346 g/mol. The molecule has 8 heteroatoms. The Morgan fingerprint density at radius 3 is 2.96 bits per heavy atom. The van der Waals surface area contributed by atoms with Gasteiger partial charge in [-0.05, 0) is 24.4 Å². The predicted molar refractivity (Wildman–Crippen MR) is 107 cm³/mol. The standard InChI is InChI=1S/C18H21N7S/c19-6-1-2-13-3-4-15-17(22-13)26-18(23-15)24-16-12-14(5-7-21-16)25-10-8-20-9-11-25/h1,3-7,12,20H,2,8-11,19H2,(H,21,23,24)/b6-1-. The highest BCUT2D eigenvalue weighted by molar-refractivity contribution is 7.21. The summed E-state index contributed by atoms with van der Waals surface area (Å²) in [6, 6.07) is 8.10. The van der Waals surface area contributed by atoms with E-state index < -0.39 is 0 Å². The molecule has 1 fully saturated rings. The molecule has 0 aliphatic carbocycles. The minimum atomic E-state index is 0.724. The summed E-state index contributed by atoms with van der Waals surface area (Å²) in [7, 11) is 0. The van der Waals surface area contributed by atoms with Gasteiger partial charge in [-0.2, -0.15) is 0 Å². The first-order valence-electron chi connectivity index (χ1n) is 8.64. The summed E-state index contributed by atoms with van der Waals surface area (Å²) in [4.78, 5) is 16.9. The molecule has 134 valence electrons. The molecule has 0 aromatic carbocycles. The van der Waals surface area contributed by atoms with Crippen molar-refractivity contribution in [3.05, 3.63) is 48.4 Å².